The van der Waals surface area contributed by atoms with Gasteiger partial charge in [0.05, 0.1) is 19.8 Å². The number of ether oxygens (including phenoxy) is 3. The Balaban J connectivity index is 3.11. The van der Waals surface area contributed by atoms with Crippen molar-refractivity contribution in [1.29, 1.82) is 0 Å². The van der Waals surface area contributed by atoms with E-state index in [-0.39, 0.29) is 12.7 Å². The van der Waals surface area contributed by atoms with E-state index in [0.29, 0.717) is 39.4 Å². The quantitative estimate of drug-likeness (QED) is 0.373. The summed E-state index contributed by atoms with van der Waals surface area (Å²) in [5.41, 5.74) is 0. The summed E-state index contributed by atoms with van der Waals surface area (Å²) in [6.45, 7) is 2.15. The van der Waals surface area contributed by atoms with Crippen LogP contribution in [0.15, 0.2) is 0 Å². The Hall–Kier alpha value is -0.690. The van der Waals surface area contributed by atoms with Crippen LogP contribution in [0.5, 0.6) is 0 Å². The van der Waals surface area contributed by atoms with Crippen molar-refractivity contribution in [1.82, 2.24) is 5.32 Å². The van der Waals surface area contributed by atoms with E-state index in [1.165, 1.54) is 0 Å². The second-order valence-corrected chi connectivity index (χ2v) is 3.45. The average Bonchev–Trinajstić information content (AvgIpc) is 2.33. The normalized spacial score (nSPS) is 10.5. The molecule has 0 spiro atoms. The van der Waals surface area contributed by atoms with E-state index in [1.54, 1.807) is 7.11 Å². The molecule has 0 atom stereocenters. The van der Waals surface area contributed by atoms with Gasteiger partial charge in [0.15, 0.2) is 0 Å². The highest BCUT2D eigenvalue weighted by Gasteiger charge is 1.99. The average molecular weight is 249 g/mol. The number of aliphatic hydroxyl groups is 1. The Morgan fingerprint density at radius 1 is 1.12 bits per heavy atom. The molecule has 17 heavy (non-hydrogen) atoms. The van der Waals surface area contributed by atoms with Crippen LogP contribution in [0.3, 0.4) is 0 Å². The predicted octanol–water partition coefficient (Wildman–Crippen LogP) is -0.0977. The second kappa shape index (κ2) is 13.4. The van der Waals surface area contributed by atoms with Gasteiger partial charge in [0.25, 0.3) is 0 Å². The lowest BCUT2D eigenvalue weighted by atomic mass is 10.2. The highest BCUT2D eigenvalue weighted by molar-refractivity contribution is 5.75. The van der Waals surface area contributed by atoms with Gasteiger partial charge < -0.3 is 24.6 Å². The summed E-state index contributed by atoms with van der Waals surface area (Å²) in [6, 6.07) is 0. The molecule has 102 valence electrons. The van der Waals surface area contributed by atoms with Gasteiger partial charge in [0.2, 0.25) is 5.91 Å². The molecule has 2 N–H and O–H groups in total. The first-order valence-electron chi connectivity index (χ1n) is 5.83. The first kappa shape index (κ1) is 16.3. The third kappa shape index (κ3) is 13.2. The van der Waals surface area contributed by atoms with Gasteiger partial charge in [-0.2, -0.15) is 0 Å². The molecule has 6 heteroatoms. The van der Waals surface area contributed by atoms with Crippen LogP contribution in [0, 0.1) is 0 Å². The highest BCUT2D eigenvalue weighted by Crippen LogP contribution is 1.94. The van der Waals surface area contributed by atoms with E-state index in [2.05, 4.69) is 10.1 Å². The summed E-state index contributed by atoms with van der Waals surface area (Å²) in [7, 11) is 1.65. The molecule has 0 aliphatic heterocycles. The number of unbranched alkanes of at least 4 members (excludes halogenated alkanes) is 1. The Kier molecular flexibility index (Phi) is 12.8. The Morgan fingerprint density at radius 3 is 2.59 bits per heavy atom. The molecule has 0 radical (unpaired) electrons. The summed E-state index contributed by atoms with van der Waals surface area (Å²) < 4.78 is 14.7. The van der Waals surface area contributed by atoms with Crippen LogP contribution in [0.4, 0.5) is 0 Å². The van der Waals surface area contributed by atoms with Crippen molar-refractivity contribution in [3.63, 3.8) is 0 Å². The minimum absolute atomic E-state index is 0.0383. The van der Waals surface area contributed by atoms with E-state index >= 15 is 0 Å². The summed E-state index contributed by atoms with van der Waals surface area (Å²) in [5.74, 6) is 0.0383. The molecule has 0 heterocycles. The fourth-order valence-electron chi connectivity index (χ4n) is 1.17. The molecule has 0 saturated carbocycles. The van der Waals surface area contributed by atoms with E-state index in [9.17, 15) is 4.79 Å². The molecule has 6 nitrogen and oxygen atoms in total. The van der Waals surface area contributed by atoms with Crippen molar-refractivity contribution in [2.45, 2.75) is 19.3 Å². The highest BCUT2D eigenvalue weighted by atomic mass is 16.6. The number of methoxy groups -OCH3 is 1. The summed E-state index contributed by atoms with van der Waals surface area (Å²) >= 11 is 0. The van der Waals surface area contributed by atoms with Crippen molar-refractivity contribution in [3.8, 4) is 0 Å². The van der Waals surface area contributed by atoms with Gasteiger partial charge in [-0.15, -0.1) is 0 Å². The lowest BCUT2D eigenvalue weighted by molar-refractivity contribution is -0.121. The number of hydrogen-bond donors (Lipinski definition) is 2. The van der Waals surface area contributed by atoms with E-state index < -0.39 is 0 Å². The predicted molar refractivity (Wildman–Crippen MR) is 62.6 cm³/mol. The lowest BCUT2D eigenvalue weighted by Crippen LogP contribution is -2.27. The number of carbonyl (C=O) groups excluding carboxylic acids is 1. The smallest absolute Gasteiger partial charge is 0.220 e. The standard InChI is InChI=1S/C11H23NO5/c1-15-6-3-2-4-11(14)12-5-7-16-8-9-17-10-13/h13H,2-10H2,1H3,(H,12,14). The Morgan fingerprint density at radius 2 is 1.88 bits per heavy atom. The van der Waals surface area contributed by atoms with Crippen LogP contribution >= 0.6 is 0 Å². The lowest BCUT2D eigenvalue weighted by Gasteiger charge is -2.06. The first-order chi connectivity index (χ1) is 8.31. The van der Waals surface area contributed by atoms with Crippen molar-refractivity contribution in [2.24, 2.45) is 0 Å². The minimum atomic E-state index is -0.290. The minimum Gasteiger partial charge on any atom is -0.385 e. The van der Waals surface area contributed by atoms with Crippen molar-refractivity contribution >= 4 is 5.91 Å². The third-order valence-corrected chi connectivity index (χ3v) is 2.03. The summed E-state index contributed by atoms with van der Waals surface area (Å²) in [4.78, 5) is 11.3. The van der Waals surface area contributed by atoms with Crippen LogP contribution in [0.2, 0.25) is 0 Å². The van der Waals surface area contributed by atoms with Crippen molar-refractivity contribution < 1.29 is 24.1 Å². The molecule has 0 bridgehead atoms. The third-order valence-electron chi connectivity index (χ3n) is 2.03. The molecule has 0 rings (SSSR count). The zero-order chi connectivity index (χ0) is 12.8. The second-order valence-electron chi connectivity index (χ2n) is 3.45. The van der Waals surface area contributed by atoms with Crippen molar-refractivity contribution in [3.05, 3.63) is 0 Å². The molecular weight excluding hydrogens is 226 g/mol. The maximum atomic E-state index is 11.3. The van der Waals surface area contributed by atoms with Gasteiger partial charge in [-0.3, -0.25) is 4.79 Å². The fraction of sp³-hybridized carbons (Fsp3) is 0.909. The van der Waals surface area contributed by atoms with Crippen LogP contribution in [-0.4, -0.2) is 57.9 Å². The van der Waals surface area contributed by atoms with Gasteiger partial charge in [-0.05, 0) is 12.8 Å². The monoisotopic (exact) mass is 249 g/mol. The van der Waals surface area contributed by atoms with E-state index in [0.717, 1.165) is 12.8 Å². The topological polar surface area (TPSA) is 77.0 Å². The van der Waals surface area contributed by atoms with Gasteiger partial charge in [-0.1, -0.05) is 0 Å². The molecule has 0 aromatic carbocycles. The maximum absolute atomic E-state index is 11.3. The SMILES string of the molecule is COCCCCC(=O)NCCOCCOCO. The molecule has 0 saturated heterocycles. The molecule has 0 aromatic rings. The van der Waals surface area contributed by atoms with E-state index in [4.69, 9.17) is 14.6 Å². The van der Waals surface area contributed by atoms with Crippen LogP contribution in [0.25, 0.3) is 0 Å². The molecule has 0 aliphatic rings. The van der Waals surface area contributed by atoms with Crippen LogP contribution < -0.4 is 5.32 Å². The first-order valence-corrected chi connectivity index (χ1v) is 5.83. The maximum Gasteiger partial charge on any atom is 0.220 e. The molecule has 0 unspecified atom stereocenters. The molecule has 0 aromatic heterocycles. The number of nitrogens with one attached hydrogen (secondary N) is 1. The number of hydrogen-bond acceptors (Lipinski definition) is 5. The Labute approximate surface area is 102 Å². The molecule has 1 amide bonds. The fourth-order valence-corrected chi connectivity index (χ4v) is 1.17. The van der Waals surface area contributed by atoms with E-state index in [1.807, 2.05) is 0 Å². The van der Waals surface area contributed by atoms with Gasteiger partial charge >= 0.3 is 0 Å². The molecular formula is C11H23NO5. The number of amides is 1. The zero-order valence-corrected chi connectivity index (χ0v) is 10.4. The van der Waals surface area contributed by atoms with Gasteiger partial charge in [0.1, 0.15) is 6.79 Å². The van der Waals surface area contributed by atoms with Gasteiger partial charge in [-0.25, -0.2) is 0 Å². The summed E-state index contributed by atoms with van der Waals surface area (Å²) in [6.07, 6.45) is 2.26. The Bertz CT molecular complexity index is 177. The number of aliphatic hydroxyl groups excluding tert-OH is 1. The summed E-state index contributed by atoms with van der Waals surface area (Å²) in [5, 5.41) is 11.1. The molecule has 0 fully saturated rings. The van der Waals surface area contributed by atoms with Crippen LogP contribution in [0.1, 0.15) is 19.3 Å². The largest absolute Gasteiger partial charge is 0.385 e. The van der Waals surface area contributed by atoms with Gasteiger partial charge in [0, 0.05) is 26.7 Å². The zero-order valence-electron chi connectivity index (χ0n) is 10.4. The van der Waals surface area contributed by atoms with Crippen LogP contribution in [-0.2, 0) is 19.0 Å². The molecule has 0 aliphatic carbocycles. The number of rotatable bonds is 12. The van der Waals surface area contributed by atoms with Crippen molar-refractivity contribution in [2.75, 3.05) is 46.9 Å². The number of carbonyl (C=O) groups is 1.